The van der Waals surface area contributed by atoms with Gasteiger partial charge in [0.2, 0.25) is 5.91 Å². The molecule has 0 heterocycles. The third-order valence-electron chi connectivity index (χ3n) is 12.2. The zero-order valence-corrected chi connectivity index (χ0v) is 44.2. The molecule has 0 radical (unpaired) electrons. The minimum absolute atomic E-state index is 0.0185. The molecule has 0 aromatic heterocycles. The monoisotopic (exact) mass is 944 g/mol. The van der Waals surface area contributed by atoms with E-state index < -0.39 is 18.2 Å². The molecule has 3 unspecified atom stereocenters. The van der Waals surface area contributed by atoms with Crippen molar-refractivity contribution >= 4 is 11.9 Å². The molecule has 0 rings (SSSR count). The van der Waals surface area contributed by atoms with Crippen LogP contribution in [0.3, 0.4) is 0 Å². The fraction of sp³-hybridized carbons (Fsp3) is 0.677. The second-order valence-corrected chi connectivity index (χ2v) is 18.7. The molecular weight excluding hydrogens is 839 g/mol. The summed E-state index contributed by atoms with van der Waals surface area (Å²) in [6, 6.07) is -0.735. The van der Waals surface area contributed by atoms with Gasteiger partial charge < -0.3 is 20.3 Å². The number of allylic oxidation sites excluding steroid dienone is 18. The number of aliphatic hydroxyl groups is 2. The maximum atomic E-state index is 13.3. The van der Waals surface area contributed by atoms with E-state index in [4.69, 9.17) is 4.74 Å². The van der Waals surface area contributed by atoms with Crippen LogP contribution in [0, 0.1) is 0 Å². The number of rotatable bonds is 49. The van der Waals surface area contributed by atoms with Crippen molar-refractivity contribution in [3.05, 3.63) is 109 Å². The van der Waals surface area contributed by atoms with Crippen molar-refractivity contribution in [2.24, 2.45) is 0 Å². The number of carbonyl (C=O) groups excluding carboxylic acids is 2. The zero-order valence-electron chi connectivity index (χ0n) is 44.2. The van der Waals surface area contributed by atoms with Gasteiger partial charge in [-0.1, -0.05) is 252 Å². The molecule has 0 aliphatic carbocycles. The van der Waals surface area contributed by atoms with Gasteiger partial charge in [0.25, 0.3) is 0 Å². The van der Waals surface area contributed by atoms with E-state index in [1.54, 1.807) is 0 Å². The maximum Gasteiger partial charge on any atom is 0.306 e. The second-order valence-electron chi connectivity index (χ2n) is 18.7. The fourth-order valence-corrected chi connectivity index (χ4v) is 7.93. The summed E-state index contributed by atoms with van der Waals surface area (Å²) in [6.45, 7) is 6.33. The Kier molecular flexibility index (Phi) is 51.7. The summed E-state index contributed by atoms with van der Waals surface area (Å²) in [7, 11) is 0. The summed E-state index contributed by atoms with van der Waals surface area (Å²) < 4.78 is 5.89. The van der Waals surface area contributed by atoms with E-state index in [9.17, 15) is 19.8 Å². The number of carbonyl (C=O) groups is 2. The summed E-state index contributed by atoms with van der Waals surface area (Å²) in [5, 5.41) is 23.8. The van der Waals surface area contributed by atoms with Crippen LogP contribution in [-0.4, -0.2) is 46.9 Å². The molecule has 68 heavy (non-hydrogen) atoms. The van der Waals surface area contributed by atoms with Gasteiger partial charge in [0, 0.05) is 6.42 Å². The zero-order chi connectivity index (χ0) is 49.5. The predicted molar refractivity (Wildman–Crippen MR) is 296 cm³/mol. The van der Waals surface area contributed by atoms with Crippen molar-refractivity contribution in [2.45, 2.75) is 264 Å². The average Bonchev–Trinajstić information content (AvgIpc) is 3.33. The van der Waals surface area contributed by atoms with Crippen LogP contribution in [-0.2, 0) is 14.3 Å². The highest BCUT2D eigenvalue weighted by molar-refractivity contribution is 5.77. The van der Waals surface area contributed by atoms with Gasteiger partial charge in [-0.15, -0.1) is 0 Å². The highest BCUT2D eigenvalue weighted by atomic mass is 16.5. The molecule has 0 bridgehead atoms. The quantitative estimate of drug-likeness (QED) is 0.0244. The van der Waals surface area contributed by atoms with Gasteiger partial charge in [0.15, 0.2) is 0 Å². The number of hydrogen-bond donors (Lipinski definition) is 3. The molecule has 1 amide bonds. The standard InChI is InChI=1S/C62H105NO5/c1-4-7-10-13-16-19-22-25-28-30-31-32-34-37-40-43-46-49-52-55-62(67)68-58(53-50-47-44-41-38-35-33-29-26-23-20-17-14-11-8-5-2)56-61(66)63-59(57-64)60(65)54-51-48-45-42-39-36-27-24-21-18-15-12-9-6-3/h7,10,16,19,23,25-26,28-29,31-33,35,37-38,40,46,49,58-60,64-65H,4-6,8-9,11-15,17-18,20-22,24,27,30,34,36,39,41-45,47-48,50-57H2,1-3H3,(H,63,66)/b10-7-,19-16-,26-23+,28-25-,32-31-,33-29+,38-35+,40-37-,49-46-. The van der Waals surface area contributed by atoms with Gasteiger partial charge in [-0.3, -0.25) is 9.59 Å². The van der Waals surface area contributed by atoms with Crippen molar-refractivity contribution in [3.8, 4) is 0 Å². The molecule has 0 aromatic rings. The molecule has 3 N–H and O–H groups in total. The molecule has 0 fully saturated rings. The predicted octanol–water partition coefficient (Wildman–Crippen LogP) is 17.5. The van der Waals surface area contributed by atoms with Gasteiger partial charge in [-0.25, -0.2) is 0 Å². The van der Waals surface area contributed by atoms with Gasteiger partial charge >= 0.3 is 5.97 Å². The molecule has 0 aliphatic heterocycles. The maximum absolute atomic E-state index is 13.3. The van der Waals surface area contributed by atoms with E-state index in [1.165, 1.54) is 103 Å². The number of esters is 1. The van der Waals surface area contributed by atoms with Gasteiger partial charge in [0.1, 0.15) is 6.10 Å². The molecule has 0 aromatic carbocycles. The lowest BCUT2D eigenvalue weighted by Crippen LogP contribution is -2.46. The first kappa shape index (κ1) is 64.5. The topological polar surface area (TPSA) is 95.9 Å². The normalized spacial score (nSPS) is 14.0. The Morgan fingerprint density at radius 2 is 0.853 bits per heavy atom. The fourth-order valence-electron chi connectivity index (χ4n) is 7.93. The molecule has 0 spiro atoms. The highest BCUT2D eigenvalue weighted by Gasteiger charge is 2.24. The van der Waals surface area contributed by atoms with Crippen molar-refractivity contribution in [1.82, 2.24) is 5.32 Å². The molecule has 0 saturated carbocycles. The van der Waals surface area contributed by atoms with Crippen LogP contribution in [0.15, 0.2) is 109 Å². The number of amides is 1. The van der Waals surface area contributed by atoms with Crippen LogP contribution < -0.4 is 5.32 Å². The summed E-state index contributed by atoms with van der Waals surface area (Å²) in [5.74, 6) is -0.613. The van der Waals surface area contributed by atoms with Gasteiger partial charge in [-0.05, 0) is 89.9 Å². The van der Waals surface area contributed by atoms with E-state index in [1.807, 2.05) is 6.08 Å². The second kappa shape index (κ2) is 54.5. The van der Waals surface area contributed by atoms with Crippen LogP contribution in [0.1, 0.15) is 245 Å². The minimum Gasteiger partial charge on any atom is -0.462 e. The van der Waals surface area contributed by atoms with Crippen LogP contribution in [0.25, 0.3) is 0 Å². The lowest BCUT2D eigenvalue weighted by molar-refractivity contribution is -0.150. The van der Waals surface area contributed by atoms with E-state index in [-0.39, 0.29) is 31.3 Å². The summed E-state index contributed by atoms with van der Waals surface area (Å²) >= 11 is 0. The van der Waals surface area contributed by atoms with Crippen molar-refractivity contribution in [3.63, 3.8) is 0 Å². The third-order valence-corrected chi connectivity index (χ3v) is 12.2. The molecule has 388 valence electrons. The van der Waals surface area contributed by atoms with E-state index >= 15 is 0 Å². The van der Waals surface area contributed by atoms with Crippen LogP contribution in [0.4, 0.5) is 0 Å². The van der Waals surface area contributed by atoms with Gasteiger partial charge in [-0.2, -0.15) is 0 Å². The Morgan fingerprint density at radius 3 is 1.31 bits per heavy atom. The van der Waals surface area contributed by atoms with Crippen LogP contribution in [0.2, 0.25) is 0 Å². The smallest absolute Gasteiger partial charge is 0.306 e. The molecule has 6 heteroatoms. The number of aliphatic hydroxyl groups excluding tert-OH is 2. The Morgan fingerprint density at radius 1 is 0.456 bits per heavy atom. The SMILES string of the molecule is CC/C=C\C/C=C\C/C=C\C/C=C\C/C=C\C/C=C\CCC(=O)OC(CCCCC/C=C/C=C/C=C/CCCCCCC)CC(=O)NC(CO)C(O)CCCCCCCCCCCCCCCC. The van der Waals surface area contributed by atoms with E-state index in [0.717, 1.165) is 89.9 Å². The van der Waals surface area contributed by atoms with Crippen molar-refractivity contribution < 1.29 is 24.5 Å². The number of nitrogens with one attached hydrogen (secondary N) is 1. The Hall–Kier alpha value is -3.48. The first-order chi connectivity index (χ1) is 33.5. The first-order valence-electron chi connectivity index (χ1n) is 28.1. The van der Waals surface area contributed by atoms with Crippen LogP contribution >= 0.6 is 0 Å². The molecule has 6 nitrogen and oxygen atoms in total. The third kappa shape index (κ3) is 49.0. The molecule has 0 saturated heterocycles. The van der Waals surface area contributed by atoms with E-state index in [2.05, 4.69) is 129 Å². The Bertz CT molecular complexity index is 1380. The number of ether oxygens (including phenoxy) is 1. The molecule has 0 aliphatic rings. The minimum atomic E-state index is -0.817. The van der Waals surface area contributed by atoms with Crippen molar-refractivity contribution in [2.75, 3.05) is 6.61 Å². The summed E-state index contributed by atoms with van der Waals surface area (Å²) in [6.07, 6.45) is 74.4. The van der Waals surface area contributed by atoms with Crippen LogP contribution in [0.5, 0.6) is 0 Å². The summed E-state index contributed by atoms with van der Waals surface area (Å²) in [4.78, 5) is 26.2. The lowest BCUT2D eigenvalue weighted by atomic mass is 10.0. The first-order valence-corrected chi connectivity index (χ1v) is 28.1. The molecular formula is C62H105NO5. The van der Waals surface area contributed by atoms with Gasteiger partial charge in [0.05, 0.1) is 25.2 Å². The number of hydrogen-bond acceptors (Lipinski definition) is 5. The Balaban J connectivity index is 4.78. The number of unbranched alkanes of at least 4 members (excludes halogenated alkanes) is 21. The Labute approximate surface area is 419 Å². The largest absolute Gasteiger partial charge is 0.462 e. The summed E-state index contributed by atoms with van der Waals surface area (Å²) in [5.41, 5.74) is 0. The highest BCUT2D eigenvalue weighted by Crippen LogP contribution is 2.17. The van der Waals surface area contributed by atoms with E-state index in [0.29, 0.717) is 19.3 Å². The average molecular weight is 945 g/mol. The van der Waals surface area contributed by atoms with Crippen molar-refractivity contribution in [1.29, 1.82) is 0 Å². The lowest BCUT2D eigenvalue weighted by Gasteiger charge is -2.24. The molecule has 3 atom stereocenters.